The lowest BCUT2D eigenvalue weighted by atomic mass is 10.0. The molecule has 0 fully saturated rings. The maximum atomic E-state index is 13.2. The third-order valence-corrected chi connectivity index (χ3v) is 2.17. The van der Waals surface area contributed by atoms with E-state index in [9.17, 15) is 14.6 Å². The Hall–Kier alpha value is -0.750. The van der Waals surface area contributed by atoms with Crippen LogP contribution in [0, 0.1) is 5.82 Å². The van der Waals surface area contributed by atoms with Crippen molar-refractivity contribution in [1.82, 2.24) is 4.98 Å². The van der Waals surface area contributed by atoms with E-state index in [0.717, 1.165) is 12.3 Å². The van der Waals surface area contributed by atoms with E-state index in [4.69, 9.17) is 16.7 Å². The molecule has 4 nitrogen and oxygen atoms in total. The van der Waals surface area contributed by atoms with Gasteiger partial charge >= 0.3 is 0 Å². The van der Waals surface area contributed by atoms with Crippen LogP contribution in [0.2, 0.25) is 5.15 Å². The van der Waals surface area contributed by atoms with E-state index in [1.165, 1.54) is 0 Å². The van der Waals surface area contributed by atoms with Crippen molar-refractivity contribution in [2.24, 2.45) is 0 Å². The van der Waals surface area contributed by atoms with Crippen molar-refractivity contribution in [3.8, 4) is 0 Å². The van der Waals surface area contributed by atoms with Gasteiger partial charge < -0.3 is 15.3 Å². The molecule has 3 N–H and O–H groups in total. The lowest BCUT2D eigenvalue weighted by molar-refractivity contribution is 0.00230. The molecule has 0 radical (unpaired) electrons. The third kappa shape index (κ3) is 3.10. The molecule has 0 saturated carbocycles. The molecule has 0 aliphatic rings. The van der Waals surface area contributed by atoms with E-state index >= 15 is 0 Å². The molecule has 1 heterocycles. The van der Waals surface area contributed by atoms with Gasteiger partial charge in [0.2, 0.25) is 0 Å². The standard InChI is InChI=1S/C9H11ClFNO3/c10-8-3-5(6(11)4-12-8)9(15)7(14)1-2-13/h3-4,7,9,13-15H,1-2H2. The molecular formula is C9H11ClFNO3. The fourth-order valence-electron chi connectivity index (χ4n) is 1.15. The minimum absolute atomic E-state index is 0.0293. The van der Waals surface area contributed by atoms with Crippen molar-refractivity contribution < 1.29 is 19.7 Å². The molecule has 0 bridgehead atoms. The summed E-state index contributed by atoms with van der Waals surface area (Å²) in [4.78, 5) is 3.48. The highest BCUT2D eigenvalue weighted by Gasteiger charge is 2.21. The monoisotopic (exact) mass is 235 g/mol. The largest absolute Gasteiger partial charge is 0.396 e. The topological polar surface area (TPSA) is 73.6 Å². The van der Waals surface area contributed by atoms with Crippen LogP contribution in [-0.4, -0.2) is 33.0 Å². The van der Waals surface area contributed by atoms with Crippen LogP contribution in [0.25, 0.3) is 0 Å². The third-order valence-electron chi connectivity index (χ3n) is 1.96. The maximum Gasteiger partial charge on any atom is 0.147 e. The quantitative estimate of drug-likeness (QED) is 0.670. The van der Waals surface area contributed by atoms with Gasteiger partial charge in [0.1, 0.15) is 17.1 Å². The van der Waals surface area contributed by atoms with Gasteiger partial charge in [0.05, 0.1) is 12.3 Å². The number of nitrogens with zero attached hydrogens (tertiary/aromatic N) is 1. The second-order valence-corrected chi connectivity index (χ2v) is 3.44. The highest BCUT2D eigenvalue weighted by atomic mass is 35.5. The molecule has 6 heteroatoms. The van der Waals surface area contributed by atoms with Crippen molar-refractivity contribution in [3.63, 3.8) is 0 Å². The molecule has 0 saturated heterocycles. The number of hydrogen-bond donors (Lipinski definition) is 3. The molecule has 1 aromatic rings. The minimum atomic E-state index is -1.42. The van der Waals surface area contributed by atoms with Crippen LogP contribution in [-0.2, 0) is 0 Å². The summed E-state index contributed by atoms with van der Waals surface area (Å²) in [6.45, 7) is -0.293. The Morgan fingerprint density at radius 3 is 2.73 bits per heavy atom. The van der Waals surface area contributed by atoms with Crippen LogP contribution in [0.15, 0.2) is 12.3 Å². The predicted octanol–water partition coefficient (Wildman–Crippen LogP) is 0.651. The molecule has 0 amide bonds. The molecule has 84 valence electrons. The number of hydrogen-bond acceptors (Lipinski definition) is 4. The Kier molecular flexibility index (Phi) is 4.41. The highest BCUT2D eigenvalue weighted by molar-refractivity contribution is 6.29. The van der Waals surface area contributed by atoms with Crippen molar-refractivity contribution in [2.75, 3.05) is 6.61 Å². The molecular weight excluding hydrogens is 225 g/mol. The van der Waals surface area contributed by atoms with E-state index in [2.05, 4.69) is 4.98 Å². The molecule has 0 spiro atoms. The number of pyridine rings is 1. The molecule has 0 aliphatic carbocycles. The van der Waals surface area contributed by atoms with Crippen LogP contribution in [0.4, 0.5) is 4.39 Å². The van der Waals surface area contributed by atoms with Gasteiger partial charge in [-0.1, -0.05) is 11.6 Å². The summed E-state index contributed by atoms with van der Waals surface area (Å²) < 4.78 is 13.2. The normalized spacial score (nSPS) is 15.0. The van der Waals surface area contributed by atoms with Gasteiger partial charge in [0.15, 0.2) is 0 Å². The Morgan fingerprint density at radius 2 is 2.13 bits per heavy atom. The molecule has 15 heavy (non-hydrogen) atoms. The summed E-state index contributed by atoms with van der Waals surface area (Å²) in [5.74, 6) is -0.746. The van der Waals surface area contributed by atoms with Crippen LogP contribution < -0.4 is 0 Å². The summed E-state index contributed by atoms with van der Waals surface area (Å²) in [7, 11) is 0. The first-order valence-electron chi connectivity index (χ1n) is 4.34. The lowest BCUT2D eigenvalue weighted by Crippen LogP contribution is -2.20. The van der Waals surface area contributed by atoms with Crippen LogP contribution in [0.1, 0.15) is 18.1 Å². The van der Waals surface area contributed by atoms with E-state index in [0.29, 0.717) is 0 Å². The van der Waals surface area contributed by atoms with Crippen LogP contribution >= 0.6 is 11.6 Å². The zero-order chi connectivity index (χ0) is 11.4. The number of aliphatic hydroxyl groups excluding tert-OH is 3. The van der Waals surface area contributed by atoms with Crippen LogP contribution in [0.5, 0.6) is 0 Å². The number of aliphatic hydroxyl groups is 3. The van der Waals surface area contributed by atoms with E-state index < -0.39 is 18.0 Å². The van der Waals surface area contributed by atoms with Gasteiger partial charge in [-0.25, -0.2) is 9.37 Å². The van der Waals surface area contributed by atoms with Gasteiger partial charge in [-0.3, -0.25) is 0 Å². The highest BCUT2D eigenvalue weighted by Crippen LogP contribution is 2.23. The van der Waals surface area contributed by atoms with Gasteiger partial charge in [-0.15, -0.1) is 0 Å². The molecule has 0 aliphatic heterocycles. The fraction of sp³-hybridized carbons (Fsp3) is 0.444. The van der Waals surface area contributed by atoms with E-state index in [1.54, 1.807) is 0 Å². The first-order valence-corrected chi connectivity index (χ1v) is 4.72. The molecule has 1 rings (SSSR count). The minimum Gasteiger partial charge on any atom is -0.396 e. The van der Waals surface area contributed by atoms with Crippen molar-refractivity contribution in [2.45, 2.75) is 18.6 Å². The van der Waals surface area contributed by atoms with Gasteiger partial charge in [0.25, 0.3) is 0 Å². The summed E-state index contributed by atoms with van der Waals surface area (Å²) >= 11 is 5.52. The van der Waals surface area contributed by atoms with Gasteiger partial charge in [-0.05, 0) is 12.5 Å². The zero-order valence-electron chi connectivity index (χ0n) is 7.77. The molecule has 0 aromatic carbocycles. The number of halogens is 2. The predicted molar refractivity (Wildman–Crippen MR) is 51.9 cm³/mol. The lowest BCUT2D eigenvalue weighted by Gasteiger charge is -2.17. The molecule has 1 aromatic heterocycles. The smallest absolute Gasteiger partial charge is 0.147 e. The average Bonchev–Trinajstić information content (AvgIpc) is 2.21. The van der Waals surface area contributed by atoms with Gasteiger partial charge in [0, 0.05) is 12.2 Å². The molecule has 2 unspecified atom stereocenters. The average molecular weight is 236 g/mol. The summed E-state index contributed by atoms with van der Waals surface area (Å²) in [6.07, 6.45) is -1.83. The van der Waals surface area contributed by atoms with E-state index in [1.807, 2.05) is 0 Å². The fourth-order valence-corrected chi connectivity index (χ4v) is 1.32. The Bertz CT molecular complexity index is 337. The second-order valence-electron chi connectivity index (χ2n) is 3.05. The maximum absolute atomic E-state index is 13.2. The van der Waals surface area contributed by atoms with Crippen molar-refractivity contribution in [3.05, 3.63) is 28.8 Å². The Balaban J connectivity index is 2.89. The van der Waals surface area contributed by atoms with Crippen molar-refractivity contribution in [1.29, 1.82) is 0 Å². The summed E-state index contributed by atoms with van der Waals surface area (Å²) in [5.41, 5.74) is -0.129. The van der Waals surface area contributed by atoms with Crippen molar-refractivity contribution >= 4 is 11.6 Å². The van der Waals surface area contributed by atoms with Gasteiger partial charge in [-0.2, -0.15) is 0 Å². The zero-order valence-corrected chi connectivity index (χ0v) is 8.52. The first-order chi connectivity index (χ1) is 7.06. The summed E-state index contributed by atoms with van der Waals surface area (Å²) in [6, 6.07) is 1.14. The summed E-state index contributed by atoms with van der Waals surface area (Å²) in [5, 5.41) is 27.5. The second kappa shape index (κ2) is 5.37. The Labute approximate surface area is 91.0 Å². The number of aromatic nitrogens is 1. The van der Waals surface area contributed by atoms with E-state index in [-0.39, 0.29) is 23.7 Å². The molecule has 2 atom stereocenters. The van der Waals surface area contributed by atoms with Crippen LogP contribution in [0.3, 0.4) is 0 Å². The first kappa shape index (κ1) is 12.3. The Morgan fingerprint density at radius 1 is 1.47 bits per heavy atom. The number of rotatable bonds is 4. The SMILES string of the molecule is OCCC(O)C(O)c1cc(Cl)ncc1F.